The summed E-state index contributed by atoms with van der Waals surface area (Å²) in [4.78, 5) is 25.4. The SMILES string of the molecule is CCCCc1nc2c(C)nc3ccccc3c2n1Cc1ccc(CN(CC2(C)CCC2)C(=O)OCc2ccc(NC(C)(C)C)cc2)cc1. The Morgan fingerprint density at radius 1 is 0.958 bits per heavy atom. The van der Waals surface area contributed by atoms with Crippen molar-refractivity contribution in [2.75, 3.05) is 11.9 Å². The van der Waals surface area contributed by atoms with Crippen LogP contribution in [0.4, 0.5) is 10.5 Å². The second-order valence-corrected chi connectivity index (χ2v) is 15.1. The van der Waals surface area contributed by atoms with Gasteiger partial charge in [-0.25, -0.2) is 9.78 Å². The summed E-state index contributed by atoms with van der Waals surface area (Å²) in [5.74, 6) is 1.11. The summed E-state index contributed by atoms with van der Waals surface area (Å²) in [6, 6.07) is 25.2. The van der Waals surface area contributed by atoms with E-state index < -0.39 is 0 Å². The fourth-order valence-electron chi connectivity index (χ4n) is 6.82. The van der Waals surface area contributed by atoms with E-state index in [1.165, 1.54) is 12.0 Å². The Balaban J connectivity index is 1.18. The number of amides is 1. The van der Waals surface area contributed by atoms with Crippen LogP contribution in [0.25, 0.3) is 21.9 Å². The lowest BCUT2D eigenvalue weighted by Gasteiger charge is -2.42. The van der Waals surface area contributed by atoms with Crippen LogP contribution in [-0.4, -0.2) is 37.6 Å². The van der Waals surface area contributed by atoms with E-state index in [2.05, 4.69) is 93.9 Å². The van der Waals surface area contributed by atoms with Gasteiger partial charge in [0.15, 0.2) is 0 Å². The molecule has 0 aliphatic heterocycles. The second kappa shape index (κ2) is 14.0. The van der Waals surface area contributed by atoms with Gasteiger partial charge in [-0.1, -0.05) is 81.3 Å². The molecule has 5 aromatic rings. The van der Waals surface area contributed by atoms with E-state index in [4.69, 9.17) is 14.7 Å². The van der Waals surface area contributed by atoms with Crippen LogP contribution in [0.5, 0.6) is 0 Å². The van der Waals surface area contributed by atoms with Gasteiger partial charge in [-0.05, 0) is 87.3 Å². The maximum Gasteiger partial charge on any atom is 0.410 e. The van der Waals surface area contributed by atoms with E-state index in [0.717, 1.165) is 88.9 Å². The van der Waals surface area contributed by atoms with Crippen molar-refractivity contribution in [3.8, 4) is 0 Å². The maximum absolute atomic E-state index is 13.5. The summed E-state index contributed by atoms with van der Waals surface area (Å²) in [6.45, 7) is 15.2. The van der Waals surface area contributed by atoms with Gasteiger partial charge in [-0.2, -0.15) is 0 Å². The summed E-state index contributed by atoms with van der Waals surface area (Å²) >= 11 is 0. The lowest BCUT2D eigenvalue weighted by Crippen LogP contribution is -2.43. The predicted molar refractivity (Wildman–Crippen MR) is 196 cm³/mol. The minimum atomic E-state index is -0.259. The van der Waals surface area contributed by atoms with Crippen LogP contribution >= 0.6 is 0 Å². The average Bonchev–Trinajstić information content (AvgIpc) is 3.41. The number of nitrogens with zero attached hydrogens (tertiary/aromatic N) is 4. The number of hydrogen-bond acceptors (Lipinski definition) is 5. The predicted octanol–water partition coefficient (Wildman–Crippen LogP) is 9.82. The van der Waals surface area contributed by atoms with E-state index in [1.54, 1.807) is 0 Å². The molecule has 6 rings (SSSR count). The minimum absolute atomic E-state index is 0.0124. The van der Waals surface area contributed by atoms with Crippen molar-refractivity contribution in [3.05, 3.63) is 101 Å². The van der Waals surface area contributed by atoms with Gasteiger partial charge in [0.2, 0.25) is 0 Å². The molecule has 1 saturated carbocycles. The van der Waals surface area contributed by atoms with E-state index in [-0.39, 0.29) is 23.7 Å². The van der Waals surface area contributed by atoms with Gasteiger partial charge in [-0.3, -0.25) is 4.98 Å². The number of fused-ring (bicyclic) bond motifs is 3. The molecule has 0 spiro atoms. The summed E-state index contributed by atoms with van der Waals surface area (Å²) in [5.41, 5.74) is 8.60. The summed E-state index contributed by atoms with van der Waals surface area (Å²) < 4.78 is 8.29. The summed E-state index contributed by atoms with van der Waals surface area (Å²) in [5, 5.41) is 4.62. The molecular formula is C41H51N5O2. The Hall–Kier alpha value is -4.39. The number of rotatable bonds is 12. The van der Waals surface area contributed by atoms with Crippen molar-refractivity contribution < 1.29 is 9.53 Å². The highest BCUT2D eigenvalue weighted by atomic mass is 16.6. The fraction of sp³-hybridized carbons (Fsp3) is 0.439. The average molecular weight is 646 g/mol. The van der Waals surface area contributed by atoms with E-state index >= 15 is 0 Å². The Labute approximate surface area is 285 Å². The van der Waals surface area contributed by atoms with Crippen molar-refractivity contribution >= 4 is 33.7 Å². The molecule has 7 heteroatoms. The standard InChI is InChI=1S/C41H51N5O2/c1-7-8-14-36-43-37-29(2)42-35-13-10-9-12-34(35)38(37)46(36)26-31-17-15-30(16-18-31)25-45(28-41(6)23-11-24-41)39(47)48-27-32-19-21-33(22-20-32)44-40(3,4)5/h9-10,12-13,15-22,44H,7-8,11,14,23-28H2,1-6H3. The van der Waals surface area contributed by atoms with E-state index in [1.807, 2.05) is 35.2 Å². The molecule has 1 fully saturated rings. The molecule has 1 N–H and O–H groups in total. The van der Waals surface area contributed by atoms with Crippen LogP contribution in [0.15, 0.2) is 72.8 Å². The van der Waals surface area contributed by atoms with Gasteiger partial charge in [-0.15, -0.1) is 0 Å². The first-order valence-corrected chi connectivity index (χ1v) is 17.6. The topological polar surface area (TPSA) is 72.3 Å². The van der Waals surface area contributed by atoms with Gasteiger partial charge in [0.1, 0.15) is 17.9 Å². The molecule has 0 atom stereocenters. The zero-order chi connectivity index (χ0) is 33.9. The summed E-state index contributed by atoms with van der Waals surface area (Å²) in [6.07, 6.45) is 6.39. The zero-order valence-corrected chi connectivity index (χ0v) is 29.6. The molecular weight excluding hydrogens is 594 g/mol. The highest BCUT2D eigenvalue weighted by molar-refractivity contribution is 6.03. The molecule has 0 unspecified atom stereocenters. The first kappa shape index (κ1) is 33.5. The lowest BCUT2D eigenvalue weighted by molar-refractivity contribution is 0.0509. The van der Waals surface area contributed by atoms with Gasteiger partial charge in [0.25, 0.3) is 0 Å². The number of carbonyl (C=O) groups is 1. The molecule has 1 amide bonds. The molecule has 7 nitrogen and oxygen atoms in total. The fourth-order valence-corrected chi connectivity index (χ4v) is 6.82. The molecule has 48 heavy (non-hydrogen) atoms. The zero-order valence-electron chi connectivity index (χ0n) is 29.6. The van der Waals surface area contributed by atoms with Gasteiger partial charge >= 0.3 is 6.09 Å². The maximum atomic E-state index is 13.5. The Bertz CT molecular complexity index is 1860. The lowest BCUT2D eigenvalue weighted by atomic mass is 9.70. The molecule has 1 aliphatic carbocycles. The molecule has 2 aromatic heterocycles. The van der Waals surface area contributed by atoms with Crippen LogP contribution in [-0.2, 0) is 30.9 Å². The molecule has 252 valence electrons. The number of pyridine rings is 1. The number of anilines is 1. The van der Waals surface area contributed by atoms with E-state index in [0.29, 0.717) is 13.1 Å². The second-order valence-electron chi connectivity index (χ2n) is 15.1. The largest absolute Gasteiger partial charge is 0.445 e. The van der Waals surface area contributed by atoms with Crippen molar-refractivity contribution in [1.29, 1.82) is 0 Å². The quantitative estimate of drug-likeness (QED) is 0.146. The van der Waals surface area contributed by atoms with Gasteiger partial charge in [0, 0.05) is 42.7 Å². The number of para-hydroxylation sites is 1. The number of aryl methyl sites for hydroxylation is 2. The van der Waals surface area contributed by atoms with Crippen molar-refractivity contribution in [2.45, 2.75) is 105 Å². The van der Waals surface area contributed by atoms with Gasteiger partial charge < -0.3 is 19.5 Å². The number of carbonyl (C=O) groups excluding carboxylic acids is 1. The molecule has 3 aromatic carbocycles. The van der Waals surface area contributed by atoms with Crippen molar-refractivity contribution in [3.63, 3.8) is 0 Å². The van der Waals surface area contributed by atoms with E-state index in [9.17, 15) is 4.79 Å². The first-order chi connectivity index (χ1) is 23.0. The number of unbranched alkanes of at least 4 members (excludes halogenated alkanes) is 1. The molecule has 2 heterocycles. The Morgan fingerprint density at radius 2 is 1.65 bits per heavy atom. The highest BCUT2D eigenvalue weighted by Crippen LogP contribution is 2.41. The number of imidazole rings is 1. The molecule has 0 bridgehead atoms. The Morgan fingerprint density at radius 3 is 2.31 bits per heavy atom. The minimum Gasteiger partial charge on any atom is -0.445 e. The number of ether oxygens (including phenoxy) is 1. The normalized spacial score (nSPS) is 14.2. The Kier molecular flexibility index (Phi) is 9.77. The number of nitrogens with one attached hydrogen (secondary N) is 1. The number of benzene rings is 3. The third-order valence-electron chi connectivity index (χ3n) is 9.55. The molecule has 0 radical (unpaired) electrons. The number of hydrogen-bond donors (Lipinski definition) is 1. The van der Waals surface area contributed by atoms with Crippen LogP contribution in [0.3, 0.4) is 0 Å². The van der Waals surface area contributed by atoms with Crippen LogP contribution in [0, 0.1) is 12.3 Å². The van der Waals surface area contributed by atoms with Crippen LogP contribution < -0.4 is 5.32 Å². The van der Waals surface area contributed by atoms with Crippen LogP contribution in [0.2, 0.25) is 0 Å². The summed E-state index contributed by atoms with van der Waals surface area (Å²) in [7, 11) is 0. The first-order valence-electron chi connectivity index (χ1n) is 17.6. The van der Waals surface area contributed by atoms with Crippen LogP contribution in [0.1, 0.15) is 94.9 Å². The molecule has 1 aliphatic rings. The smallest absolute Gasteiger partial charge is 0.410 e. The third kappa shape index (κ3) is 7.83. The van der Waals surface area contributed by atoms with Crippen molar-refractivity contribution in [2.24, 2.45) is 5.41 Å². The monoisotopic (exact) mass is 645 g/mol. The molecule has 0 saturated heterocycles. The van der Waals surface area contributed by atoms with Crippen molar-refractivity contribution in [1.82, 2.24) is 19.4 Å². The third-order valence-corrected chi connectivity index (χ3v) is 9.55. The number of aromatic nitrogens is 3. The van der Waals surface area contributed by atoms with Gasteiger partial charge in [0.05, 0.1) is 16.7 Å². The highest BCUT2D eigenvalue weighted by Gasteiger charge is 2.35.